The lowest BCUT2D eigenvalue weighted by Gasteiger charge is -2.05. The summed E-state index contributed by atoms with van der Waals surface area (Å²) in [6, 6.07) is 7.53. The Morgan fingerprint density at radius 1 is 1.29 bits per heavy atom. The zero-order valence-corrected chi connectivity index (χ0v) is 11.8. The zero-order valence-electron chi connectivity index (χ0n) is 11.8. The lowest BCUT2D eigenvalue weighted by Crippen LogP contribution is -2.25. The first kappa shape index (κ1) is 15.0. The van der Waals surface area contributed by atoms with Gasteiger partial charge in [-0.2, -0.15) is 0 Å². The van der Waals surface area contributed by atoms with E-state index in [4.69, 9.17) is 4.42 Å². The first-order chi connectivity index (χ1) is 10.3. The molecule has 0 fully saturated rings. The van der Waals surface area contributed by atoms with Crippen LogP contribution < -0.4 is 10.6 Å². The maximum absolute atomic E-state index is 11.5. The largest absolute Gasteiger partial charge is 0.465 e. The number of carbonyl (C=O) groups excluding carboxylic acids is 1. The van der Waals surface area contributed by atoms with E-state index in [0.29, 0.717) is 12.3 Å². The number of furan rings is 1. The van der Waals surface area contributed by atoms with E-state index in [2.05, 4.69) is 15.6 Å². The SMILES string of the molecule is O=C(/C=C/c1ccco1)NCCCNCc1cccnc1. The molecule has 0 saturated carbocycles. The highest BCUT2D eigenvalue weighted by Crippen LogP contribution is 2.01. The van der Waals surface area contributed by atoms with Crippen LogP contribution in [0.25, 0.3) is 6.08 Å². The highest BCUT2D eigenvalue weighted by Gasteiger charge is 1.96. The Morgan fingerprint density at radius 3 is 3.00 bits per heavy atom. The minimum atomic E-state index is -0.112. The third-order valence-electron chi connectivity index (χ3n) is 2.82. The summed E-state index contributed by atoms with van der Waals surface area (Å²) in [5, 5.41) is 6.13. The Morgan fingerprint density at radius 2 is 2.24 bits per heavy atom. The van der Waals surface area contributed by atoms with Crippen molar-refractivity contribution in [3.8, 4) is 0 Å². The second-order valence-electron chi connectivity index (χ2n) is 4.53. The van der Waals surface area contributed by atoms with Crippen LogP contribution in [0.15, 0.2) is 53.4 Å². The molecule has 0 atom stereocenters. The number of amides is 1. The monoisotopic (exact) mass is 285 g/mol. The predicted octanol–water partition coefficient (Wildman–Crippen LogP) is 1.98. The van der Waals surface area contributed by atoms with Crippen LogP contribution in [-0.2, 0) is 11.3 Å². The van der Waals surface area contributed by atoms with Gasteiger partial charge >= 0.3 is 0 Å². The van der Waals surface area contributed by atoms with Gasteiger partial charge in [0.1, 0.15) is 5.76 Å². The maximum atomic E-state index is 11.5. The Hall–Kier alpha value is -2.40. The van der Waals surface area contributed by atoms with Crippen LogP contribution in [0.5, 0.6) is 0 Å². The van der Waals surface area contributed by atoms with E-state index in [1.54, 1.807) is 30.7 Å². The van der Waals surface area contributed by atoms with Crippen LogP contribution in [-0.4, -0.2) is 24.0 Å². The van der Waals surface area contributed by atoms with Gasteiger partial charge in [-0.05, 0) is 42.8 Å². The molecule has 5 heteroatoms. The molecule has 0 spiro atoms. The minimum Gasteiger partial charge on any atom is -0.465 e. The molecule has 0 radical (unpaired) electrons. The molecule has 0 saturated heterocycles. The van der Waals surface area contributed by atoms with Crippen molar-refractivity contribution >= 4 is 12.0 Å². The summed E-state index contributed by atoms with van der Waals surface area (Å²) in [5.74, 6) is 0.557. The topological polar surface area (TPSA) is 67.2 Å². The van der Waals surface area contributed by atoms with Crippen LogP contribution in [0, 0.1) is 0 Å². The van der Waals surface area contributed by atoms with Crippen molar-refractivity contribution in [1.82, 2.24) is 15.6 Å². The number of hydrogen-bond donors (Lipinski definition) is 2. The molecule has 0 bridgehead atoms. The lowest BCUT2D eigenvalue weighted by molar-refractivity contribution is -0.116. The van der Waals surface area contributed by atoms with E-state index >= 15 is 0 Å². The van der Waals surface area contributed by atoms with Gasteiger partial charge in [0.2, 0.25) is 5.91 Å². The van der Waals surface area contributed by atoms with Gasteiger partial charge in [0.25, 0.3) is 0 Å². The van der Waals surface area contributed by atoms with Crippen molar-refractivity contribution in [3.05, 3.63) is 60.3 Å². The second kappa shape index (κ2) is 8.71. The molecular formula is C16H19N3O2. The molecule has 0 aliphatic rings. The summed E-state index contributed by atoms with van der Waals surface area (Å²) in [4.78, 5) is 15.6. The molecule has 2 heterocycles. The van der Waals surface area contributed by atoms with Gasteiger partial charge in [-0.15, -0.1) is 0 Å². The number of aromatic nitrogens is 1. The molecule has 21 heavy (non-hydrogen) atoms. The first-order valence-corrected chi connectivity index (χ1v) is 6.93. The fraction of sp³-hybridized carbons (Fsp3) is 0.250. The highest BCUT2D eigenvalue weighted by molar-refractivity contribution is 5.91. The molecule has 5 nitrogen and oxygen atoms in total. The van der Waals surface area contributed by atoms with E-state index in [1.807, 2.05) is 18.3 Å². The third kappa shape index (κ3) is 6.05. The zero-order chi connectivity index (χ0) is 14.8. The quantitative estimate of drug-likeness (QED) is 0.575. The molecular weight excluding hydrogens is 266 g/mol. The Balaban J connectivity index is 1.52. The van der Waals surface area contributed by atoms with Gasteiger partial charge in [-0.25, -0.2) is 0 Å². The standard InChI is InChI=1S/C16H19N3O2/c20-16(7-6-15-5-2-11-21-15)19-10-3-9-18-13-14-4-1-8-17-12-14/h1-2,4-8,11-12,18H,3,9-10,13H2,(H,19,20)/b7-6+. The third-order valence-corrected chi connectivity index (χ3v) is 2.82. The van der Waals surface area contributed by atoms with Gasteiger partial charge in [-0.3, -0.25) is 9.78 Å². The molecule has 110 valence electrons. The highest BCUT2D eigenvalue weighted by atomic mass is 16.3. The number of nitrogens with zero attached hydrogens (tertiary/aromatic N) is 1. The van der Waals surface area contributed by atoms with Crippen molar-refractivity contribution in [2.24, 2.45) is 0 Å². The molecule has 1 amide bonds. The Bertz CT molecular complexity index is 550. The number of rotatable bonds is 8. The van der Waals surface area contributed by atoms with Crippen LogP contribution in [0.1, 0.15) is 17.7 Å². The minimum absolute atomic E-state index is 0.112. The number of nitrogens with one attached hydrogen (secondary N) is 2. The van der Waals surface area contributed by atoms with Crippen molar-refractivity contribution in [3.63, 3.8) is 0 Å². The van der Waals surface area contributed by atoms with Gasteiger partial charge in [0.15, 0.2) is 0 Å². The fourth-order valence-electron chi connectivity index (χ4n) is 1.76. The molecule has 2 aromatic rings. The Kier molecular flexibility index (Phi) is 6.22. The summed E-state index contributed by atoms with van der Waals surface area (Å²) in [6.45, 7) is 2.28. The molecule has 0 aliphatic heterocycles. The van der Waals surface area contributed by atoms with Crippen molar-refractivity contribution in [1.29, 1.82) is 0 Å². The summed E-state index contributed by atoms with van der Waals surface area (Å²) in [5.41, 5.74) is 1.16. The van der Waals surface area contributed by atoms with Crippen LogP contribution in [0.3, 0.4) is 0 Å². The van der Waals surface area contributed by atoms with Gasteiger partial charge in [0, 0.05) is 31.6 Å². The number of pyridine rings is 1. The lowest BCUT2D eigenvalue weighted by atomic mass is 10.3. The van der Waals surface area contributed by atoms with Crippen LogP contribution >= 0.6 is 0 Å². The number of carbonyl (C=O) groups is 1. The van der Waals surface area contributed by atoms with Crippen LogP contribution in [0.4, 0.5) is 0 Å². The smallest absolute Gasteiger partial charge is 0.244 e. The average molecular weight is 285 g/mol. The van der Waals surface area contributed by atoms with E-state index in [-0.39, 0.29) is 5.91 Å². The van der Waals surface area contributed by atoms with E-state index in [1.165, 1.54) is 6.08 Å². The van der Waals surface area contributed by atoms with E-state index < -0.39 is 0 Å². The normalized spacial score (nSPS) is 10.9. The summed E-state index contributed by atoms with van der Waals surface area (Å²) in [7, 11) is 0. The molecule has 0 aromatic carbocycles. The summed E-state index contributed by atoms with van der Waals surface area (Å²) in [6.07, 6.45) is 9.17. The Labute approximate surface area is 124 Å². The maximum Gasteiger partial charge on any atom is 0.244 e. The second-order valence-corrected chi connectivity index (χ2v) is 4.53. The van der Waals surface area contributed by atoms with Gasteiger partial charge in [-0.1, -0.05) is 6.07 Å². The number of hydrogen-bond acceptors (Lipinski definition) is 4. The van der Waals surface area contributed by atoms with Gasteiger partial charge < -0.3 is 15.1 Å². The fourth-order valence-corrected chi connectivity index (χ4v) is 1.76. The first-order valence-electron chi connectivity index (χ1n) is 6.93. The molecule has 2 N–H and O–H groups in total. The molecule has 2 aromatic heterocycles. The average Bonchev–Trinajstić information content (AvgIpc) is 3.03. The van der Waals surface area contributed by atoms with E-state index in [9.17, 15) is 4.79 Å². The van der Waals surface area contributed by atoms with Crippen molar-refractivity contribution in [2.75, 3.05) is 13.1 Å². The van der Waals surface area contributed by atoms with E-state index in [0.717, 1.165) is 25.1 Å². The summed E-state index contributed by atoms with van der Waals surface area (Å²) < 4.78 is 5.10. The predicted molar refractivity (Wildman–Crippen MR) is 81.3 cm³/mol. The molecule has 2 rings (SSSR count). The van der Waals surface area contributed by atoms with Crippen molar-refractivity contribution < 1.29 is 9.21 Å². The van der Waals surface area contributed by atoms with Gasteiger partial charge in [0.05, 0.1) is 6.26 Å². The molecule has 0 unspecified atom stereocenters. The summed E-state index contributed by atoms with van der Waals surface area (Å²) >= 11 is 0. The molecule has 0 aliphatic carbocycles. The van der Waals surface area contributed by atoms with Crippen LogP contribution in [0.2, 0.25) is 0 Å². The van der Waals surface area contributed by atoms with Crippen molar-refractivity contribution in [2.45, 2.75) is 13.0 Å².